The summed E-state index contributed by atoms with van der Waals surface area (Å²) in [5, 5.41) is 11.4. The highest BCUT2D eigenvalue weighted by molar-refractivity contribution is 6.10. The van der Waals surface area contributed by atoms with Gasteiger partial charge in [-0.3, -0.25) is 19.2 Å². The van der Waals surface area contributed by atoms with E-state index < -0.39 is 0 Å². The summed E-state index contributed by atoms with van der Waals surface area (Å²) in [6.07, 6.45) is 6.43. The molecular weight excluding hydrogens is 480 g/mol. The van der Waals surface area contributed by atoms with Gasteiger partial charge in [0, 0.05) is 7.05 Å². The van der Waals surface area contributed by atoms with Crippen LogP contribution >= 0.6 is 0 Å². The Hall–Kier alpha value is -3.86. The fourth-order valence-corrected chi connectivity index (χ4v) is 3.50. The third kappa shape index (κ3) is 8.07. The van der Waals surface area contributed by atoms with Crippen LogP contribution in [0.3, 0.4) is 0 Å². The molecule has 0 saturated heterocycles. The molecule has 5 rings (SSSR count). The van der Waals surface area contributed by atoms with Crippen molar-refractivity contribution in [2.75, 3.05) is 4.90 Å². The first-order chi connectivity index (χ1) is 18.3. The standard InChI is InChI=1S/C23H24N4O2.C4H8.C2H6.CH2O2/c1-5-7-21(28)27(17-11-10-15(2)16(3)14-17)20-13-12-19-22(24-20)23(25-26(19)4)29-18-8-6-9-18;1-4-2-3-4;1-2;2-1-3/h10-14,18H,6,8-9H2,1-4H3;4H,2-3H2,1H3;1-2H3;1H,(H,2,3). The molecular formula is C30H40N4O4. The van der Waals surface area contributed by atoms with Crippen molar-refractivity contribution >= 4 is 34.9 Å². The molecule has 204 valence electrons. The number of pyridine rings is 1. The predicted molar refractivity (Wildman–Crippen MR) is 152 cm³/mol. The normalized spacial score (nSPS) is 13.6. The summed E-state index contributed by atoms with van der Waals surface area (Å²) in [6, 6.07) is 9.63. The minimum atomic E-state index is -0.326. The molecule has 8 nitrogen and oxygen atoms in total. The number of carbonyl (C=O) groups excluding carboxylic acids is 1. The van der Waals surface area contributed by atoms with Crippen molar-refractivity contribution in [2.24, 2.45) is 13.0 Å². The number of anilines is 2. The van der Waals surface area contributed by atoms with Crippen LogP contribution < -0.4 is 9.64 Å². The summed E-state index contributed by atoms with van der Waals surface area (Å²) in [5.74, 6) is 7.11. The van der Waals surface area contributed by atoms with E-state index in [1.54, 1.807) is 16.5 Å². The molecule has 2 fully saturated rings. The van der Waals surface area contributed by atoms with Crippen molar-refractivity contribution < 1.29 is 19.4 Å². The Bertz CT molecular complexity index is 1280. The number of carboxylic acid groups (broad SMARTS) is 1. The highest BCUT2D eigenvalue weighted by atomic mass is 16.5. The minimum absolute atomic E-state index is 0.196. The van der Waals surface area contributed by atoms with E-state index in [9.17, 15) is 4.79 Å². The lowest BCUT2D eigenvalue weighted by Gasteiger charge is -2.25. The fourth-order valence-electron chi connectivity index (χ4n) is 3.50. The molecule has 0 aliphatic heterocycles. The molecule has 0 spiro atoms. The van der Waals surface area contributed by atoms with Gasteiger partial charge in [0.05, 0.1) is 11.2 Å². The number of benzene rings is 1. The first kappa shape index (κ1) is 30.4. The second-order valence-corrected chi connectivity index (χ2v) is 9.21. The fraction of sp³-hybridized carbons (Fsp3) is 0.467. The Kier molecular flexibility index (Phi) is 11.8. The van der Waals surface area contributed by atoms with Gasteiger partial charge in [-0.05, 0) is 87.3 Å². The average molecular weight is 521 g/mol. The molecule has 38 heavy (non-hydrogen) atoms. The summed E-state index contributed by atoms with van der Waals surface area (Å²) >= 11 is 0. The first-order valence-electron chi connectivity index (χ1n) is 13.2. The van der Waals surface area contributed by atoms with Crippen LogP contribution in [0.4, 0.5) is 11.5 Å². The van der Waals surface area contributed by atoms with Gasteiger partial charge in [0.15, 0.2) is 5.52 Å². The molecule has 0 bridgehead atoms. The van der Waals surface area contributed by atoms with Crippen LogP contribution in [0, 0.1) is 31.6 Å². The number of carbonyl (C=O) groups is 2. The number of aromatic nitrogens is 3. The summed E-state index contributed by atoms with van der Waals surface area (Å²) in [5.41, 5.74) is 4.51. The van der Waals surface area contributed by atoms with Crippen LogP contribution in [0.5, 0.6) is 5.88 Å². The second-order valence-electron chi connectivity index (χ2n) is 9.21. The van der Waals surface area contributed by atoms with Gasteiger partial charge in [-0.1, -0.05) is 45.6 Å². The lowest BCUT2D eigenvalue weighted by Crippen LogP contribution is -2.26. The maximum atomic E-state index is 12.9. The zero-order chi connectivity index (χ0) is 28.2. The Morgan fingerprint density at radius 2 is 1.76 bits per heavy atom. The summed E-state index contributed by atoms with van der Waals surface area (Å²) in [7, 11) is 1.87. The van der Waals surface area contributed by atoms with Crippen LogP contribution in [-0.4, -0.2) is 38.4 Å². The number of ether oxygens (including phenoxy) is 1. The summed E-state index contributed by atoms with van der Waals surface area (Å²) in [6.45, 7) is 11.7. The van der Waals surface area contributed by atoms with E-state index in [0.717, 1.165) is 41.1 Å². The molecule has 2 aromatic heterocycles. The molecule has 2 heterocycles. The lowest BCUT2D eigenvalue weighted by atomic mass is 9.96. The monoisotopic (exact) mass is 520 g/mol. The minimum Gasteiger partial charge on any atom is -0.483 e. The van der Waals surface area contributed by atoms with Gasteiger partial charge in [-0.15, -0.1) is 5.10 Å². The molecule has 0 unspecified atom stereocenters. The Balaban J connectivity index is 0.000000489. The molecule has 2 saturated carbocycles. The van der Waals surface area contributed by atoms with Crippen molar-refractivity contribution in [3.05, 3.63) is 41.5 Å². The second kappa shape index (κ2) is 14.8. The Morgan fingerprint density at radius 3 is 2.26 bits per heavy atom. The zero-order valence-corrected chi connectivity index (χ0v) is 23.6. The number of nitrogens with zero attached hydrogens (tertiary/aromatic N) is 4. The predicted octanol–water partition coefficient (Wildman–Crippen LogP) is 6.35. The molecule has 1 amide bonds. The third-order valence-corrected chi connectivity index (χ3v) is 6.26. The molecule has 0 radical (unpaired) electrons. The number of fused-ring (bicyclic) bond motifs is 1. The van der Waals surface area contributed by atoms with Crippen LogP contribution in [0.2, 0.25) is 0 Å². The van der Waals surface area contributed by atoms with Gasteiger partial charge in [-0.2, -0.15) is 0 Å². The van der Waals surface area contributed by atoms with Gasteiger partial charge in [0.25, 0.3) is 12.4 Å². The number of aryl methyl sites for hydroxylation is 3. The Morgan fingerprint density at radius 1 is 1.13 bits per heavy atom. The van der Waals surface area contributed by atoms with Gasteiger partial charge in [0.1, 0.15) is 11.9 Å². The molecule has 0 atom stereocenters. The van der Waals surface area contributed by atoms with Crippen molar-refractivity contribution in [2.45, 2.75) is 79.8 Å². The number of rotatable bonds is 4. The van der Waals surface area contributed by atoms with Crippen LogP contribution in [0.15, 0.2) is 30.3 Å². The summed E-state index contributed by atoms with van der Waals surface area (Å²) in [4.78, 5) is 27.5. The zero-order valence-electron chi connectivity index (χ0n) is 23.6. The van der Waals surface area contributed by atoms with Crippen molar-refractivity contribution in [3.8, 4) is 17.7 Å². The molecule has 8 heteroatoms. The van der Waals surface area contributed by atoms with E-state index in [0.29, 0.717) is 17.2 Å². The number of amides is 1. The van der Waals surface area contributed by atoms with Crippen LogP contribution in [-0.2, 0) is 16.6 Å². The highest BCUT2D eigenvalue weighted by Crippen LogP contribution is 2.32. The number of hydrogen-bond donors (Lipinski definition) is 1. The van der Waals surface area contributed by atoms with Crippen molar-refractivity contribution in [1.29, 1.82) is 0 Å². The number of hydrogen-bond acceptors (Lipinski definition) is 5. The van der Waals surface area contributed by atoms with E-state index in [-0.39, 0.29) is 18.5 Å². The van der Waals surface area contributed by atoms with E-state index >= 15 is 0 Å². The van der Waals surface area contributed by atoms with Crippen LogP contribution in [0.1, 0.15) is 70.9 Å². The third-order valence-electron chi connectivity index (χ3n) is 6.26. The largest absolute Gasteiger partial charge is 0.483 e. The molecule has 1 N–H and O–H groups in total. The van der Waals surface area contributed by atoms with E-state index in [1.165, 1.54) is 19.3 Å². The van der Waals surface area contributed by atoms with Gasteiger partial charge in [-0.25, -0.2) is 4.98 Å². The van der Waals surface area contributed by atoms with Gasteiger partial charge < -0.3 is 9.84 Å². The maximum Gasteiger partial charge on any atom is 0.308 e. The average Bonchev–Trinajstić information content (AvgIpc) is 3.60. The van der Waals surface area contributed by atoms with Crippen LogP contribution in [0.25, 0.3) is 11.0 Å². The van der Waals surface area contributed by atoms with Gasteiger partial charge >= 0.3 is 5.91 Å². The van der Waals surface area contributed by atoms with E-state index in [4.69, 9.17) is 19.6 Å². The van der Waals surface area contributed by atoms with E-state index in [2.05, 4.69) is 23.9 Å². The SMILES string of the molecule is CC.CC#CC(=O)N(c1ccc(C)c(C)c1)c1ccc2c(n1)c(OC1CCC1)nn2C.CC1CC1.O=CO. The van der Waals surface area contributed by atoms with E-state index in [1.807, 2.05) is 65.1 Å². The summed E-state index contributed by atoms with van der Waals surface area (Å²) < 4.78 is 7.80. The maximum absolute atomic E-state index is 12.9. The van der Waals surface area contributed by atoms with Gasteiger partial charge in [0.2, 0.25) is 0 Å². The lowest BCUT2D eigenvalue weighted by molar-refractivity contribution is -0.122. The van der Waals surface area contributed by atoms with Crippen molar-refractivity contribution in [3.63, 3.8) is 0 Å². The molecule has 1 aromatic carbocycles. The van der Waals surface area contributed by atoms with Crippen molar-refractivity contribution in [1.82, 2.24) is 14.8 Å². The Labute approximate surface area is 226 Å². The smallest absolute Gasteiger partial charge is 0.308 e. The quantitative estimate of drug-likeness (QED) is 0.318. The topological polar surface area (TPSA) is 97.6 Å². The first-order valence-corrected chi connectivity index (χ1v) is 13.2. The molecule has 2 aliphatic carbocycles. The molecule has 3 aromatic rings. The molecule has 2 aliphatic rings. The highest BCUT2D eigenvalue weighted by Gasteiger charge is 2.24.